The van der Waals surface area contributed by atoms with Gasteiger partial charge < -0.3 is 19.9 Å². The zero-order valence-corrected chi connectivity index (χ0v) is 19.5. The van der Waals surface area contributed by atoms with E-state index in [-0.39, 0.29) is 41.5 Å². The van der Waals surface area contributed by atoms with Crippen LogP contribution in [0.5, 0.6) is 0 Å². The third-order valence-electron chi connectivity index (χ3n) is 6.13. The molecule has 2 N–H and O–H groups in total. The molecule has 174 valence electrons. The van der Waals surface area contributed by atoms with Gasteiger partial charge in [-0.05, 0) is 66.7 Å². The molecule has 2 heterocycles. The van der Waals surface area contributed by atoms with Crippen LogP contribution in [0.25, 0.3) is 0 Å². The number of anilines is 1. The predicted octanol–water partition coefficient (Wildman–Crippen LogP) is 4.03. The number of hydrogen-bond donors (Lipinski definition) is 2. The lowest BCUT2D eigenvalue weighted by Gasteiger charge is -2.22. The van der Waals surface area contributed by atoms with Crippen LogP contribution in [0.1, 0.15) is 82.9 Å². The van der Waals surface area contributed by atoms with Crippen molar-refractivity contribution in [2.75, 3.05) is 5.32 Å². The number of ether oxygens (including phenoxy) is 1. The summed E-state index contributed by atoms with van der Waals surface area (Å²) in [6.45, 7) is 9.96. The van der Waals surface area contributed by atoms with Crippen molar-refractivity contribution in [2.45, 2.75) is 96.2 Å². The van der Waals surface area contributed by atoms with Gasteiger partial charge in [0.05, 0.1) is 23.3 Å². The number of nitrogens with zero attached hydrogens (tertiary/aromatic N) is 3. The van der Waals surface area contributed by atoms with Crippen LogP contribution >= 0.6 is 0 Å². The summed E-state index contributed by atoms with van der Waals surface area (Å²) >= 11 is 0. The van der Waals surface area contributed by atoms with Gasteiger partial charge in [0.2, 0.25) is 5.91 Å². The zero-order chi connectivity index (χ0) is 23.1. The standard InChI is InChI=1S/C23H33N5O4/c1-14-10-16(27-32-14)12-20(29)24-19-13-18(26-28(19)22(2,3)4)15-6-7-17(11-15)31-21(30)25-23(5)8-9-23/h10,13,15,17H,6-9,11-12H2,1-5H3,(H,24,29)(H,25,30)/t15-,17+/m0/s1. The molecule has 0 radical (unpaired) electrons. The number of aryl methyl sites for hydroxylation is 1. The Hall–Kier alpha value is -2.84. The van der Waals surface area contributed by atoms with Crippen molar-refractivity contribution < 1.29 is 18.8 Å². The Morgan fingerprint density at radius 1 is 1.28 bits per heavy atom. The second-order valence-corrected chi connectivity index (χ2v) is 10.4. The molecule has 2 atom stereocenters. The molecule has 2 aromatic rings. The quantitative estimate of drug-likeness (QED) is 0.697. The Morgan fingerprint density at radius 2 is 2.03 bits per heavy atom. The number of carbonyl (C=O) groups excluding carboxylic acids is 2. The van der Waals surface area contributed by atoms with Crippen LogP contribution in [-0.4, -0.2) is 38.6 Å². The molecule has 2 aliphatic carbocycles. The van der Waals surface area contributed by atoms with Crippen LogP contribution < -0.4 is 10.6 Å². The average Bonchev–Trinajstić information content (AvgIpc) is 3.08. The first-order valence-corrected chi connectivity index (χ1v) is 11.3. The topological polar surface area (TPSA) is 111 Å². The molecule has 9 nitrogen and oxygen atoms in total. The highest BCUT2D eigenvalue weighted by Crippen LogP contribution is 2.38. The van der Waals surface area contributed by atoms with Crippen molar-refractivity contribution in [1.82, 2.24) is 20.3 Å². The molecule has 0 spiro atoms. The minimum absolute atomic E-state index is 0.0850. The van der Waals surface area contributed by atoms with E-state index in [2.05, 4.69) is 15.8 Å². The molecule has 2 aromatic heterocycles. The molecule has 9 heteroatoms. The Morgan fingerprint density at radius 3 is 2.66 bits per heavy atom. The van der Waals surface area contributed by atoms with Gasteiger partial charge in [-0.2, -0.15) is 5.10 Å². The van der Waals surface area contributed by atoms with Gasteiger partial charge in [0.1, 0.15) is 17.7 Å². The summed E-state index contributed by atoms with van der Waals surface area (Å²) in [5, 5.41) is 14.6. The number of rotatable bonds is 6. The van der Waals surface area contributed by atoms with Gasteiger partial charge in [0.15, 0.2) is 0 Å². The number of alkyl carbamates (subject to hydrolysis) is 1. The van der Waals surface area contributed by atoms with E-state index < -0.39 is 0 Å². The minimum atomic E-state index is -0.327. The van der Waals surface area contributed by atoms with Crippen molar-refractivity contribution in [3.63, 3.8) is 0 Å². The van der Waals surface area contributed by atoms with Gasteiger partial charge in [-0.1, -0.05) is 5.16 Å². The van der Waals surface area contributed by atoms with Crippen molar-refractivity contribution >= 4 is 17.8 Å². The highest BCUT2D eigenvalue weighted by Gasteiger charge is 2.40. The monoisotopic (exact) mass is 443 g/mol. The predicted molar refractivity (Wildman–Crippen MR) is 118 cm³/mol. The molecule has 2 fully saturated rings. The summed E-state index contributed by atoms with van der Waals surface area (Å²) in [6, 6.07) is 3.69. The summed E-state index contributed by atoms with van der Waals surface area (Å²) in [5.74, 6) is 1.34. The molecule has 0 saturated heterocycles. The van der Waals surface area contributed by atoms with E-state index in [1.165, 1.54) is 0 Å². The van der Waals surface area contributed by atoms with Crippen molar-refractivity contribution in [1.29, 1.82) is 0 Å². The fourth-order valence-electron chi connectivity index (χ4n) is 4.11. The lowest BCUT2D eigenvalue weighted by Crippen LogP contribution is -2.36. The Balaban J connectivity index is 1.41. The second-order valence-electron chi connectivity index (χ2n) is 10.4. The average molecular weight is 444 g/mol. The van der Waals surface area contributed by atoms with Gasteiger partial charge >= 0.3 is 6.09 Å². The Labute approximate surface area is 188 Å². The molecule has 2 amide bonds. The molecule has 0 unspecified atom stereocenters. The fraction of sp³-hybridized carbons (Fsp3) is 0.652. The number of amides is 2. The van der Waals surface area contributed by atoms with Gasteiger partial charge in [0, 0.05) is 23.6 Å². The summed E-state index contributed by atoms with van der Waals surface area (Å²) < 4.78 is 12.5. The third kappa shape index (κ3) is 5.31. The molecule has 0 bridgehead atoms. The SMILES string of the molecule is Cc1cc(CC(=O)Nc2cc([C@H]3CC[C@@H](OC(=O)NC4(C)CC4)C3)nn2C(C)(C)C)no1. The fourth-order valence-corrected chi connectivity index (χ4v) is 4.11. The van der Waals surface area contributed by atoms with E-state index in [1.54, 1.807) is 13.0 Å². The van der Waals surface area contributed by atoms with Gasteiger partial charge in [0.25, 0.3) is 0 Å². The van der Waals surface area contributed by atoms with E-state index in [9.17, 15) is 9.59 Å². The maximum atomic E-state index is 12.6. The summed E-state index contributed by atoms with van der Waals surface area (Å²) in [5.41, 5.74) is 1.11. The smallest absolute Gasteiger partial charge is 0.407 e. The van der Waals surface area contributed by atoms with E-state index in [0.717, 1.165) is 37.8 Å². The molecule has 2 saturated carbocycles. The maximum absolute atomic E-state index is 12.6. The Bertz CT molecular complexity index is 998. The first-order valence-electron chi connectivity index (χ1n) is 11.3. The van der Waals surface area contributed by atoms with E-state index in [0.29, 0.717) is 17.3 Å². The van der Waals surface area contributed by atoms with Crippen molar-refractivity contribution in [2.24, 2.45) is 0 Å². The van der Waals surface area contributed by atoms with E-state index in [4.69, 9.17) is 14.4 Å². The lowest BCUT2D eigenvalue weighted by atomic mass is 10.0. The zero-order valence-electron chi connectivity index (χ0n) is 19.5. The highest BCUT2D eigenvalue weighted by atomic mass is 16.6. The third-order valence-corrected chi connectivity index (χ3v) is 6.13. The number of carbonyl (C=O) groups is 2. The summed E-state index contributed by atoms with van der Waals surface area (Å²) in [7, 11) is 0. The van der Waals surface area contributed by atoms with Crippen molar-refractivity contribution in [3.05, 3.63) is 29.3 Å². The van der Waals surface area contributed by atoms with Crippen LogP contribution in [-0.2, 0) is 21.5 Å². The summed E-state index contributed by atoms with van der Waals surface area (Å²) in [4.78, 5) is 24.7. The number of aromatic nitrogens is 3. The number of nitrogens with one attached hydrogen (secondary N) is 2. The molecule has 0 aliphatic heterocycles. The van der Waals surface area contributed by atoms with E-state index >= 15 is 0 Å². The van der Waals surface area contributed by atoms with Crippen LogP contribution in [0, 0.1) is 6.92 Å². The Kier molecular flexibility index (Phi) is 5.77. The van der Waals surface area contributed by atoms with Crippen LogP contribution in [0.2, 0.25) is 0 Å². The normalized spacial score (nSPS) is 21.9. The number of hydrogen-bond acceptors (Lipinski definition) is 6. The first-order chi connectivity index (χ1) is 15.0. The van der Waals surface area contributed by atoms with Crippen LogP contribution in [0.15, 0.2) is 16.7 Å². The van der Waals surface area contributed by atoms with Crippen molar-refractivity contribution in [3.8, 4) is 0 Å². The maximum Gasteiger partial charge on any atom is 0.407 e. The molecular weight excluding hydrogens is 410 g/mol. The molecule has 32 heavy (non-hydrogen) atoms. The molecular formula is C23H33N5O4. The van der Waals surface area contributed by atoms with E-state index in [1.807, 2.05) is 38.4 Å². The van der Waals surface area contributed by atoms with Crippen LogP contribution in [0.4, 0.5) is 10.6 Å². The van der Waals surface area contributed by atoms with Crippen LogP contribution in [0.3, 0.4) is 0 Å². The lowest BCUT2D eigenvalue weighted by molar-refractivity contribution is -0.115. The largest absolute Gasteiger partial charge is 0.446 e. The molecule has 2 aliphatic rings. The van der Waals surface area contributed by atoms with Gasteiger partial charge in [-0.25, -0.2) is 9.48 Å². The minimum Gasteiger partial charge on any atom is -0.446 e. The highest BCUT2D eigenvalue weighted by molar-refractivity contribution is 5.91. The molecule has 4 rings (SSSR count). The first kappa shape index (κ1) is 22.4. The van der Waals surface area contributed by atoms with Gasteiger partial charge in [-0.3, -0.25) is 4.79 Å². The summed E-state index contributed by atoms with van der Waals surface area (Å²) in [6.07, 6.45) is 4.13. The molecule has 0 aromatic carbocycles. The van der Waals surface area contributed by atoms with Gasteiger partial charge in [-0.15, -0.1) is 0 Å². The second kappa shape index (κ2) is 8.26.